The second-order valence-corrected chi connectivity index (χ2v) is 29.1. The monoisotopic (exact) mass is 1510 g/mol. The van der Waals surface area contributed by atoms with E-state index in [0.29, 0.717) is 111 Å². The van der Waals surface area contributed by atoms with Gasteiger partial charge in [-0.25, -0.2) is 34.5 Å². The Kier molecular flexibility index (Phi) is 29.9. The molecule has 17 N–H and O–H groups in total. The number of aromatic nitrogens is 9. The Bertz CT molecular complexity index is 5080. The normalized spacial score (nSPS) is 11.8. The number of pyridine rings is 3. The first kappa shape index (κ1) is 82.0. The third-order valence-corrected chi connectivity index (χ3v) is 19.8. The van der Waals surface area contributed by atoms with Crippen molar-refractivity contribution < 1.29 is 48.4 Å². The molecule has 0 spiro atoms. The number of nitrogens with zero attached hydrogens (tertiary/aromatic N) is 9. The van der Waals surface area contributed by atoms with Gasteiger partial charge in [0.15, 0.2) is 29.0 Å². The molecule has 12 aromatic rings. The Morgan fingerprint density at radius 1 is 0.404 bits per heavy atom. The Morgan fingerprint density at radius 2 is 0.771 bits per heavy atom. The molecule has 0 saturated heterocycles. The molecule has 0 aliphatic rings. The van der Waals surface area contributed by atoms with Gasteiger partial charge < -0.3 is 82.2 Å². The maximum absolute atomic E-state index is 11.3. The molecule has 0 saturated carbocycles. The van der Waals surface area contributed by atoms with Gasteiger partial charge in [-0.05, 0) is 186 Å². The van der Waals surface area contributed by atoms with Crippen LogP contribution in [-0.4, -0.2) is 128 Å². The van der Waals surface area contributed by atoms with Gasteiger partial charge in [0.1, 0.15) is 45.5 Å². The minimum Gasteiger partial charge on any atom is -0.508 e. The van der Waals surface area contributed by atoms with Crippen molar-refractivity contribution in [1.29, 1.82) is 0 Å². The Labute approximate surface area is 637 Å². The van der Waals surface area contributed by atoms with E-state index in [9.17, 15) is 29.7 Å². The first-order valence-electron chi connectivity index (χ1n) is 38.4. The Hall–Kier alpha value is -9.53. The molecule has 0 fully saturated rings. The number of nitrogens with two attached hydrogens (primary N) is 6. The molecular weight excluding hydrogens is 1400 g/mol. The molecule has 25 nitrogen and oxygen atoms in total. The van der Waals surface area contributed by atoms with E-state index in [1.165, 1.54) is 22.8 Å². The number of nitrogen functional groups attached to an aromatic ring is 3. The zero-order valence-electron chi connectivity index (χ0n) is 63.8. The van der Waals surface area contributed by atoms with Gasteiger partial charge >= 0.3 is 7.82 Å². The molecule has 6 aromatic heterocycles. The van der Waals surface area contributed by atoms with Crippen molar-refractivity contribution in [3.8, 4) is 23.0 Å². The number of hydrogen-bond acceptors (Lipinski definition) is 20. The number of aromatic hydroxyl groups is 3. The van der Waals surface area contributed by atoms with Gasteiger partial charge in [-0.3, -0.25) is 9.79 Å². The first-order valence-corrected chi connectivity index (χ1v) is 40.0. The minimum absolute atomic E-state index is 0.113. The fourth-order valence-corrected chi connectivity index (χ4v) is 14.1. The lowest BCUT2D eigenvalue weighted by atomic mass is 10.1. The number of ether oxygens (including phenoxy) is 3. The van der Waals surface area contributed by atoms with E-state index >= 15 is 0 Å². The predicted molar refractivity (Wildman–Crippen MR) is 436 cm³/mol. The Morgan fingerprint density at radius 3 is 1.14 bits per heavy atom. The lowest BCUT2D eigenvalue weighted by Crippen LogP contribution is -2.07. The van der Waals surface area contributed by atoms with Gasteiger partial charge in [-0.2, -0.15) is 0 Å². The number of unbranched alkanes of at least 4 members (excludes halogenated alkanes) is 3. The minimum atomic E-state index is -4.64. The lowest BCUT2D eigenvalue weighted by molar-refractivity contribution is 0.131. The number of imidazole rings is 3. The second kappa shape index (κ2) is 39.7. The lowest BCUT2D eigenvalue weighted by Gasteiger charge is -2.14. The fraction of sp³-hybridized carbons (Fsp3) is 0.422. The number of phosphoric ester groups is 1. The van der Waals surface area contributed by atoms with E-state index in [4.69, 9.17) is 78.1 Å². The highest BCUT2D eigenvalue weighted by Crippen LogP contribution is 2.41. The zero-order valence-corrected chi connectivity index (χ0v) is 64.7. The molecule has 0 amide bonds. The average molecular weight is 1510 g/mol. The quantitative estimate of drug-likeness (QED) is 0.00972. The maximum atomic E-state index is 11.3. The number of para-hydroxylation sites is 1. The summed E-state index contributed by atoms with van der Waals surface area (Å²) in [4.78, 5) is 47.2. The highest BCUT2D eigenvalue weighted by Gasteiger charge is 2.24. The van der Waals surface area contributed by atoms with Gasteiger partial charge in [-0.15, -0.1) is 0 Å². The second-order valence-electron chi connectivity index (χ2n) is 28.0. The van der Waals surface area contributed by atoms with Gasteiger partial charge in [-0.1, -0.05) is 113 Å². The highest BCUT2D eigenvalue weighted by atomic mass is 31.2. The highest BCUT2D eigenvalue weighted by molar-refractivity contribution is 7.46. The van der Waals surface area contributed by atoms with Crippen molar-refractivity contribution in [3.05, 3.63) is 171 Å². The van der Waals surface area contributed by atoms with Crippen LogP contribution in [0.2, 0.25) is 0 Å². The first-order chi connectivity index (χ1) is 52.7. The van der Waals surface area contributed by atoms with Crippen molar-refractivity contribution in [2.75, 3.05) is 76.5 Å². The summed E-state index contributed by atoms with van der Waals surface area (Å²) in [6, 6.07) is 35.1. The molecule has 0 aliphatic heterocycles. The molecule has 582 valence electrons. The maximum Gasteiger partial charge on any atom is 0.524 e. The zero-order chi connectivity index (χ0) is 77.6. The van der Waals surface area contributed by atoms with E-state index in [0.717, 1.165) is 218 Å². The third-order valence-electron chi connectivity index (χ3n) is 19.4. The van der Waals surface area contributed by atoms with Crippen molar-refractivity contribution in [2.45, 2.75) is 170 Å². The van der Waals surface area contributed by atoms with Crippen LogP contribution in [0.25, 0.3) is 65.8 Å². The summed E-state index contributed by atoms with van der Waals surface area (Å²) in [7, 11) is -4.64. The van der Waals surface area contributed by atoms with Crippen molar-refractivity contribution in [3.63, 3.8) is 0 Å². The molecule has 26 heteroatoms. The van der Waals surface area contributed by atoms with Crippen molar-refractivity contribution >= 4 is 91.1 Å². The number of fused-ring (bicyclic) bond motifs is 9. The smallest absolute Gasteiger partial charge is 0.508 e. The molecule has 0 atom stereocenters. The largest absolute Gasteiger partial charge is 0.524 e. The molecule has 0 unspecified atom stereocenters. The van der Waals surface area contributed by atoms with Crippen molar-refractivity contribution in [2.24, 2.45) is 17.2 Å². The van der Waals surface area contributed by atoms with Crippen LogP contribution in [0, 0.1) is 13.8 Å². The summed E-state index contributed by atoms with van der Waals surface area (Å²) in [5.74, 6) is 4.33. The summed E-state index contributed by atoms with van der Waals surface area (Å²) in [5.41, 5.74) is 51.1. The molecule has 6 aromatic carbocycles. The predicted octanol–water partition coefficient (Wildman–Crippen LogP) is 13.8. The standard InChI is InChI=1S/C28H38N5O5P.C28H37N5O2.C27H35N5O3/c1-3-4-8-25-32-26-27(33(25)18-21-10-12-24(19(2)16-21)38-39(34,35)36)22-11-9-20(17-23(22)31-28(26)30)7-5-14-37-15-6-13-29;1-3-4-8-25-32-26-27(33(25)18-21-10-12-24(34)19(2)16-21)22-11-9-20(17-23(22)31-28(26)30)7-5-14-35-15-6-13-29;1-2-3-10-23-31-24-25(32(23)17-19-8-4-9-22(33)26(19)34)20-12-11-18(16-21(20)30-27(24)29)7-5-14-35-15-6-13-28/h9-12,16-17H,3-8,13-15,18,29H2,1-2H3,(H2,30,31)(H2,34,35,36);9-12,16-17,34H,3-8,13-15,18,29H2,1-2H3,(H2,30,31);4,8-9,11-12,16,33-34H,2-3,5-7,10,13-15,17,28H2,1H3,(H2,29,30). The molecule has 12 rings (SSSR count). The summed E-state index contributed by atoms with van der Waals surface area (Å²) in [6.45, 7) is 17.9. The molecule has 109 heavy (non-hydrogen) atoms. The van der Waals surface area contributed by atoms with Crippen LogP contribution in [0.15, 0.2) is 109 Å². The number of anilines is 3. The summed E-state index contributed by atoms with van der Waals surface area (Å²) in [6.07, 6.45) is 16.8. The van der Waals surface area contributed by atoms with Crippen LogP contribution in [0.4, 0.5) is 17.5 Å². The topological polar surface area (TPSA) is 403 Å². The fourth-order valence-electron chi connectivity index (χ4n) is 13.7. The number of hydrogen-bond donors (Lipinski definition) is 11. The molecule has 0 aliphatic carbocycles. The summed E-state index contributed by atoms with van der Waals surface area (Å²) >= 11 is 0. The van der Waals surface area contributed by atoms with Crippen LogP contribution >= 0.6 is 7.82 Å². The molecule has 0 radical (unpaired) electrons. The van der Waals surface area contributed by atoms with Crippen LogP contribution < -0.4 is 38.9 Å². The van der Waals surface area contributed by atoms with Crippen LogP contribution in [0.1, 0.15) is 160 Å². The molecular formula is C83H110N15O10P. The van der Waals surface area contributed by atoms with E-state index in [1.54, 1.807) is 25.1 Å². The van der Waals surface area contributed by atoms with Gasteiger partial charge in [0, 0.05) is 93.7 Å². The van der Waals surface area contributed by atoms with E-state index in [-0.39, 0.29) is 17.2 Å². The number of rotatable bonds is 38. The molecule has 0 bridgehead atoms. The average Bonchev–Trinajstić information content (AvgIpc) is 1.64. The van der Waals surface area contributed by atoms with Gasteiger partial charge in [0.25, 0.3) is 0 Å². The third kappa shape index (κ3) is 21.5. The number of phosphoric acid groups is 1. The van der Waals surface area contributed by atoms with Crippen LogP contribution in [0.3, 0.4) is 0 Å². The number of phenolic OH excluding ortho intramolecular Hbond substituents is 3. The number of aryl methyl sites for hydroxylation is 8. The summed E-state index contributed by atoms with van der Waals surface area (Å²) < 4.78 is 39.6. The summed E-state index contributed by atoms with van der Waals surface area (Å²) in [5, 5.41) is 33.4. The Balaban J connectivity index is 0.000000175. The van der Waals surface area contributed by atoms with E-state index < -0.39 is 7.82 Å². The van der Waals surface area contributed by atoms with Gasteiger partial charge in [0.2, 0.25) is 0 Å². The van der Waals surface area contributed by atoms with Crippen molar-refractivity contribution in [1.82, 2.24) is 43.6 Å². The van der Waals surface area contributed by atoms with Crippen LogP contribution in [-0.2, 0) is 76.9 Å². The number of benzene rings is 6. The molecule has 6 heterocycles. The number of phenols is 3. The SMILES string of the molecule is CCCCc1nc2c(N)nc3cc(CCCOCCCN)ccc3c2n1Cc1ccc(O)c(C)c1.CCCCc1nc2c(N)nc3cc(CCCOCCCN)ccc3c2n1Cc1ccc(OP(=O)(O)O)c(C)c1.CCCCc1nc2c(N)nc3cc(CCCOCCCN)ccc3c2n1Cc1cccc(O)c1O. The van der Waals surface area contributed by atoms with E-state index in [1.807, 2.05) is 37.3 Å². The van der Waals surface area contributed by atoms with Gasteiger partial charge in [0.05, 0.1) is 39.6 Å². The van der Waals surface area contributed by atoms with Crippen LogP contribution in [0.5, 0.6) is 23.0 Å². The van der Waals surface area contributed by atoms with E-state index in [2.05, 4.69) is 94.1 Å².